The molecule has 0 fully saturated rings. The molecule has 0 aromatic heterocycles. The third kappa shape index (κ3) is 6.30. The van der Waals surface area contributed by atoms with Crippen molar-refractivity contribution in [2.24, 2.45) is 0 Å². The van der Waals surface area contributed by atoms with Crippen LogP contribution >= 0.6 is 0 Å². The van der Waals surface area contributed by atoms with Crippen molar-refractivity contribution < 1.29 is 23.9 Å². The summed E-state index contributed by atoms with van der Waals surface area (Å²) in [4.78, 5) is 22.2. The fourth-order valence-electron chi connectivity index (χ4n) is 2.79. The van der Waals surface area contributed by atoms with Crippen molar-refractivity contribution in [3.05, 3.63) is 99.6 Å². The van der Waals surface area contributed by atoms with Crippen molar-refractivity contribution >= 4 is 29.9 Å². The summed E-state index contributed by atoms with van der Waals surface area (Å²) in [5.74, 6) is 1.26. The number of nitro benzene ring substituents is 1. The number of nitrogens with zero attached hydrogens (tertiary/aromatic N) is 1. The second-order valence-corrected chi connectivity index (χ2v) is 6.65. The zero-order chi connectivity index (χ0) is 22.9. The summed E-state index contributed by atoms with van der Waals surface area (Å²) in [6.07, 6.45) is 6.66. The Kier molecular flexibility index (Phi) is 7.37. The number of rotatable bonds is 8. The van der Waals surface area contributed by atoms with Gasteiger partial charge < -0.3 is 14.2 Å². The fourth-order valence-corrected chi connectivity index (χ4v) is 2.79. The van der Waals surface area contributed by atoms with E-state index in [1.54, 1.807) is 44.6 Å². The van der Waals surface area contributed by atoms with Crippen LogP contribution in [0.1, 0.15) is 16.7 Å². The van der Waals surface area contributed by atoms with Gasteiger partial charge in [-0.3, -0.25) is 10.1 Å². The highest BCUT2D eigenvalue weighted by molar-refractivity contribution is 5.88. The third-order valence-corrected chi connectivity index (χ3v) is 4.46. The number of hydrogen-bond acceptors (Lipinski definition) is 6. The number of benzene rings is 3. The summed E-state index contributed by atoms with van der Waals surface area (Å²) in [5, 5.41) is 10.7. The lowest BCUT2D eigenvalue weighted by Crippen LogP contribution is -2.03. The maximum Gasteiger partial charge on any atom is 0.336 e. The van der Waals surface area contributed by atoms with Crippen molar-refractivity contribution in [1.29, 1.82) is 0 Å². The molecule has 0 N–H and O–H groups in total. The molecule has 0 radical (unpaired) electrons. The minimum Gasteiger partial charge on any atom is -0.497 e. The molecule has 3 aromatic rings. The van der Waals surface area contributed by atoms with Gasteiger partial charge in [0.1, 0.15) is 17.2 Å². The van der Waals surface area contributed by atoms with Crippen molar-refractivity contribution in [3.8, 4) is 17.2 Å². The summed E-state index contributed by atoms with van der Waals surface area (Å²) < 4.78 is 15.8. The van der Waals surface area contributed by atoms with Crippen LogP contribution in [0.15, 0.2) is 72.8 Å². The highest BCUT2D eigenvalue weighted by atomic mass is 16.6. The molecule has 32 heavy (non-hydrogen) atoms. The Morgan fingerprint density at radius 1 is 0.750 bits per heavy atom. The molecule has 0 heterocycles. The Morgan fingerprint density at radius 3 is 1.84 bits per heavy atom. The first-order valence-corrected chi connectivity index (χ1v) is 9.62. The average Bonchev–Trinajstić information content (AvgIpc) is 2.82. The molecule has 0 bridgehead atoms. The van der Waals surface area contributed by atoms with E-state index in [4.69, 9.17) is 14.2 Å². The van der Waals surface area contributed by atoms with Gasteiger partial charge >= 0.3 is 5.97 Å². The lowest BCUT2D eigenvalue weighted by atomic mass is 10.1. The predicted molar refractivity (Wildman–Crippen MR) is 123 cm³/mol. The summed E-state index contributed by atoms with van der Waals surface area (Å²) in [7, 11) is 3.20. The van der Waals surface area contributed by atoms with Crippen LogP contribution in [0.3, 0.4) is 0 Å². The van der Waals surface area contributed by atoms with Crippen LogP contribution in [0.2, 0.25) is 0 Å². The van der Waals surface area contributed by atoms with Crippen LogP contribution in [0.5, 0.6) is 17.2 Å². The van der Waals surface area contributed by atoms with E-state index in [0.29, 0.717) is 22.8 Å². The van der Waals surface area contributed by atoms with Crippen molar-refractivity contribution in [3.63, 3.8) is 0 Å². The quantitative estimate of drug-likeness (QED) is 0.118. The van der Waals surface area contributed by atoms with Crippen LogP contribution in [0, 0.1) is 10.1 Å². The topological polar surface area (TPSA) is 87.9 Å². The van der Waals surface area contributed by atoms with Crippen molar-refractivity contribution in [2.45, 2.75) is 0 Å². The SMILES string of the molecule is COc1cc(/C=C/c2ccc(OC(=O)/C=C/c3ccc([N+](=O)[O-])cc3)cc2)cc(OC)c1. The maximum absolute atomic E-state index is 12.0. The number of methoxy groups -OCH3 is 2. The summed E-state index contributed by atoms with van der Waals surface area (Å²) in [5.41, 5.74) is 2.49. The van der Waals surface area contributed by atoms with Crippen LogP contribution in [0.4, 0.5) is 5.69 Å². The van der Waals surface area contributed by atoms with Gasteiger partial charge in [-0.1, -0.05) is 24.3 Å². The minimum atomic E-state index is -0.546. The van der Waals surface area contributed by atoms with Crippen molar-refractivity contribution in [2.75, 3.05) is 14.2 Å². The summed E-state index contributed by atoms with van der Waals surface area (Å²) in [6, 6.07) is 18.5. The smallest absolute Gasteiger partial charge is 0.336 e. The van der Waals surface area contributed by atoms with Gasteiger partial charge in [-0.05, 0) is 59.2 Å². The molecule has 3 aromatic carbocycles. The highest BCUT2D eigenvalue weighted by Gasteiger charge is 2.04. The Morgan fingerprint density at radius 2 is 1.28 bits per heavy atom. The number of hydrogen-bond donors (Lipinski definition) is 0. The van der Waals surface area contributed by atoms with Gasteiger partial charge in [0.2, 0.25) is 0 Å². The number of carbonyl (C=O) groups excluding carboxylic acids is 1. The predicted octanol–water partition coefficient (Wildman–Crippen LogP) is 5.40. The zero-order valence-corrected chi connectivity index (χ0v) is 17.6. The molecule has 0 amide bonds. The molecule has 7 heteroatoms. The Bertz CT molecular complexity index is 1130. The first kappa shape index (κ1) is 22.3. The van der Waals surface area contributed by atoms with E-state index < -0.39 is 10.9 Å². The van der Waals surface area contributed by atoms with E-state index in [-0.39, 0.29) is 5.69 Å². The van der Waals surface area contributed by atoms with Gasteiger partial charge in [0.15, 0.2) is 0 Å². The van der Waals surface area contributed by atoms with Gasteiger partial charge in [-0.15, -0.1) is 0 Å². The lowest BCUT2D eigenvalue weighted by molar-refractivity contribution is -0.384. The molecule has 0 aliphatic heterocycles. The normalized spacial score (nSPS) is 10.9. The molecule has 7 nitrogen and oxygen atoms in total. The van der Waals surface area contributed by atoms with E-state index in [1.165, 1.54) is 24.3 Å². The third-order valence-electron chi connectivity index (χ3n) is 4.46. The molecule has 162 valence electrons. The van der Waals surface area contributed by atoms with Crippen molar-refractivity contribution in [1.82, 2.24) is 0 Å². The lowest BCUT2D eigenvalue weighted by Gasteiger charge is -2.06. The van der Waals surface area contributed by atoms with Crippen LogP contribution in [-0.4, -0.2) is 25.1 Å². The number of non-ortho nitro benzene ring substituents is 1. The minimum absolute atomic E-state index is 0.00981. The average molecular weight is 431 g/mol. The molecular weight excluding hydrogens is 410 g/mol. The Labute approximate surface area is 185 Å². The first-order valence-electron chi connectivity index (χ1n) is 9.62. The van der Waals surface area contributed by atoms with Crippen LogP contribution < -0.4 is 14.2 Å². The first-order chi connectivity index (χ1) is 15.5. The molecule has 0 unspecified atom stereocenters. The number of nitro groups is 1. The second kappa shape index (κ2) is 10.6. The fraction of sp³-hybridized carbons (Fsp3) is 0.0800. The van der Waals surface area contributed by atoms with E-state index in [9.17, 15) is 14.9 Å². The molecule has 0 spiro atoms. The highest BCUT2D eigenvalue weighted by Crippen LogP contribution is 2.24. The van der Waals surface area contributed by atoms with E-state index in [2.05, 4.69) is 0 Å². The molecular formula is C25H21NO6. The second-order valence-electron chi connectivity index (χ2n) is 6.65. The van der Waals surface area contributed by atoms with E-state index in [1.807, 2.05) is 36.4 Å². The molecule has 0 saturated carbocycles. The Hall–Kier alpha value is -4.39. The number of carbonyl (C=O) groups is 1. The van der Waals surface area contributed by atoms with E-state index >= 15 is 0 Å². The standard InChI is InChI=1S/C25H21NO6/c1-30-23-15-20(16-24(17-23)31-2)4-3-18-7-12-22(13-8-18)32-25(27)14-9-19-5-10-21(11-6-19)26(28)29/h3-17H,1-2H3/b4-3+,14-9+. The molecule has 0 saturated heterocycles. The van der Waals surface area contributed by atoms with Gasteiger partial charge in [-0.25, -0.2) is 4.79 Å². The van der Waals surface area contributed by atoms with E-state index in [0.717, 1.165) is 11.1 Å². The molecule has 3 rings (SSSR count). The van der Waals surface area contributed by atoms with Gasteiger partial charge in [0.25, 0.3) is 5.69 Å². The van der Waals surface area contributed by atoms with Crippen LogP contribution in [-0.2, 0) is 4.79 Å². The number of esters is 1. The van der Waals surface area contributed by atoms with Gasteiger partial charge in [-0.2, -0.15) is 0 Å². The summed E-state index contributed by atoms with van der Waals surface area (Å²) in [6.45, 7) is 0. The van der Waals surface area contributed by atoms with Gasteiger partial charge in [0.05, 0.1) is 19.1 Å². The Balaban J connectivity index is 1.60. The maximum atomic E-state index is 12.0. The largest absolute Gasteiger partial charge is 0.497 e. The summed E-state index contributed by atoms with van der Waals surface area (Å²) >= 11 is 0. The number of ether oxygens (including phenoxy) is 3. The molecule has 0 aliphatic carbocycles. The van der Waals surface area contributed by atoms with Gasteiger partial charge in [0, 0.05) is 24.3 Å². The monoisotopic (exact) mass is 431 g/mol. The molecule has 0 aliphatic rings. The van der Waals surface area contributed by atoms with Crippen LogP contribution in [0.25, 0.3) is 18.2 Å². The zero-order valence-electron chi connectivity index (χ0n) is 17.6. The molecule has 0 atom stereocenters.